The lowest BCUT2D eigenvalue weighted by atomic mass is 10.1. The number of amides is 1. The molecule has 0 spiro atoms. The van der Waals surface area contributed by atoms with Crippen LogP contribution >= 0.6 is 0 Å². The van der Waals surface area contributed by atoms with Gasteiger partial charge in [-0.3, -0.25) is 9.59 Å². The van der Waals surface area contributed by atoms with E-state index in [2.05, 4.69) is 10.4 Å². The lowest BCUT2D eigenvalue weighted by Crippen LogP contribution is -2.26. The molecular formula is C20H19N3O5. The van der Waals surface area contributed by atoms with Gasteiger partial charge in [0.2, 0.25) is 0 Å². The number of anilines is 1. The maximum atomic E-state index is 12.4. The largest absolute Gasteiger partial charge is 0.494 e. The van der Waals surface area contributed by atoms with E-state index in [-0.39, 0.29) is 11.3 Å². The summed E-state index contributed by atoms with van der Waals surface area (Å²) in [6.45, 7) is 1.95. The van der Waals surface area contributed by atoms with Gasteiger partial charge in [0.1, 0.15) is 5.75 Å². The summed E-state index contributed by atoms with van der Waals surface area (Å²) in [5, 5.41) is 7.33. The average molecular weight is 381 g/mol. The molecule has 0 saturated heterocycles. The normalized spacial score (nSPS) is 10.5. The van der Waals surface area contributed by atoms with Crippen LogP contribution in [0.5, 0.6) is 5.75 Å². The van der Waals surface area contributed by atoms with Gasteiger partial charge in [-0.1, -0.05) is 18.2 Å². The number of carbonyl (C=O) groups is 2. The van der Waals surface area contributed by atoms with Crippen LogP contribution in [0.3, 0.4) is 0 Å². The van der Waals surface area contributed by atoms with Gasteiger partial charge in [0, 0.05) is 18.1 Å². The minimum atomic E-state index is -0.784. The molecule has 28 heavy (non-hydrogen) atoms. The van der Waals surface area contributed by atoms with Gasteiger partial charge in [-0.2, -0.15) is 5.10 Å². The first-order valence-corrected chi connectivity index (χ1v) is 8.65. The number of aromatic nitrogens is 2. The Bertz CT molecular complexity index is 1070. The molecule has 0 saturated carbocycles. The van der Waals surface area contributed by atoms with E-state index in [1.807, 2.05) is 6.92 Å². The number of esters is 1. The molecule has 144 valence electrons. The molecule has 0 atom stereocenters. The van der Waals surface area contributed by atoms with Crippen molar-refractivity contribution in [3.63, 3.8) is 0 Å². The SMILES string of the molecule is CCOc1ccc(NC(=O)COC(=O)c2nn(C)c(=O)c3ccccc23)cc1. The molecule has 0 fully saturated rings. The summed E-state index contributed by atoms with van der Waals surface area (Å²) >= 11 is 0. The molecule has 0 aliphatic rings. The predicted octanol–water partition coefficient (Wildman–Crippen LogP) is 2.13. The number of carbonyl (C=O) groups excluding carboxylic acids is 2. The predicted molar refractivity (Wildman–Crippen MR) is 104 cm³/mol. The third-order valence-corrected chi connectivity index (χ3v) is 3.93. The van der Waals surface area contributed by atoms with Crippen molar-refractivity contribution in [2.75, 3.05) is 18.5 Å². The number of aryl methyl sites for hydroxylation is 1. The molecule has 1 aromatic heterocycles. The van der Waals surface area contributed by atoms with Crippen LogP contribution in [-0.4, -0.2) is 34.9 Å². The van der Waals surface area contributed by atoms with Gasteiger partial charge in [0.15, 0.2) is 12.3 Å². The number of rotatable bonds is 6. The smallest absolute Gasteiger partial charge is 0.359 e. The molecule has 2 aromatic carbocycles. The molecule has 1 heterocycles. The van der Waals surface area contributed by atoms with E-state index < -0.39 is 18.5 Å². The number of nitrogens with one attached hydrogen (secondary N) is 1. The summed E-state index contributed by atoms with van der Waals surface area (Å²) in [6.07, 6.45) is 0. The highest BCUT2D eigenvalue weighted by Crippen LogP contribution is 2.16. The summed E-state index contributed by atoms with van der Waals surface area (Å²) in [7, 11) is 1.45. The fourth-order valence-corrected chi connectivity index (χ4v) is 2.65. The van der Waals surface area contributed by atoms with Crippen LogP contribution in [0.4, 0.5) is 5.69 Å². The third-order valence-electron chi connectivity index (χ3n) is 3.93. The lowest BCUT2D eigenvalue weighted by molar-refractivity contribution is -0.119. The molecule has 0 aliphatic carbocycles. The van der Waals surface area contributed by atoms with Gasteiger partial charge in [-0.15, -0.1) is 0 Å². The van der Waals surface area contributed by atoms with Crippen LogP contribution in [0.15, 0.2) is 53.3 Å². The summed E-state index contributed by atoms with van der Waals surface area (Å²) in [5.41, 5.74) is 0.210. The van der Waals surface area contributed by atoms with Gasteiger partial charge in [-0.05, 0) is 37.3 Å². The van der Waals surface area contributed by atoms with Crippen molar-refractivity contribution in [2.24, 2.45) is 7.05 Å². The number of ether oxygens (including phenoxy) is 2. The Labute approximate surface area is 160 Å². The van der Waals surface area contributed by atoms with Gasteiger partial charge >= 0.3 is 5.97 Å². The van der Waals surface area contributed by atoms with Crippen molar-refractivity contribution in [1.82, 2.24) is 9.78 Å². The minimum absolute atomic E-state index is 0.0217. The number of benzene rings is 2. The van der Waals surface area contributed by atoms with Gasteiger partial charge in [-0.25, -0.2) is 9.48 Å². The number of fused-ring (bicyclic) bond motifs is 1. The zero-order chi connectivity index (χ0) is 20.1. The van der Waals surface area contributed by atoms with Crippen molar-refractivity contribution < 1.29 is 19.1 Å². The van der Waals surface area contributed by atoms with Gasteiger partial charge in [0.25, 0.3) is 11.5 Å². The monoisotopic (exact) mass is 381 g/mol. The number of hydrogen-bond donors (Lipinski definition) is 1. The van der Waals surface area contributed by atoms with Gasteiger partial charge in [0.05, 0.1) is 12.0 Å². The third kappa shape index (κ3) is 4.17. The standard InChI is InChI=1S/C20H19N3O5/c1-3-27-14-10-8-13(9-11-14)21-17(24)12-28-20(26)18-15-6-4-5-7-16(15)19(25)23(2)22-18/h4-11H,3,12H2,1-2H3,(H,21,24). The van der Waals surface area contributed by atoms with E-state index in [4.69, 9.17) is 9.47 Å². The molecule has 8 nitrogen and oxygen atoms in total. The Hall–Kier alpha value is -3.68. The van der Waals surface area contributed by atoms with E-state index in [9.17, 15) is 14.4 Å². The second kappa shape index (κ2) is 8.34. The first kappa shape index (κ1) is 19.1. The molecule has 0 radical (unpaired) electrons. The Kier molecular flexibility index (Phi) is 5.69. The van der Waals surface area contributed by atoms with E-state index in [0.29, 0.717) is 28.8 Å². The average Bonchev–Trinajstić information content (AvgIpc) is 2.70. The van der Waals surface area contributed by atoms with Crippen LogP contribution in [0.1, 0.15) is 17.4 Å². The van der Waals surface area contributed by atoms with Crippen LogP contribution in [0, 0.1) is 0 Å². The maximum Gasteiger partial charge on any atom is 0.359 e. The van der Waals surface area contributed by atoms with Crippen LogP contribution < -0.4 is 15.6 Å². The first-order valence-electron chi connectivity index (χ1n) is 8.65. The molecule has 1 N–H and O–H groups in total. The highest BCUT2D eigenvalue weighted by atomic mass is 16.5. The fourth-order valence-electron chi connectivity index (χ4n) is 2.65. The molecule has 0 bridgehead atoms. The van der Waals surface area contributed by atoms with Gasteiger partial charge < -0.3 is 14.8 Å². The van der Waals surface area contributed by atoms with Crippen LogP contribution in [0.2, 0.25) is 0 Å². The molecular weight excluding hydrogens is 362 g/mol. The molecule has 0 unspecified atom stereocenters. The lowest BCUT2D eigenvalue weighted by Gasteiger charge is -2.09. The minimum Gasteiger partial charge on any atom is -0.494 e. The van der Waals surface area contributed by atoms with Crippen molar-refractivity contribution in [1.29, 1.82) is 0 Å². The quantitative estimate of drug-likeness (QED) is 0.657. The topological polar surface area (TPSA) is 99.5 Å². The molecule has 3 aromatic rings. The Morgan fingerprint density at radius 2 is 1.75 bits per heavy atom. The second-order valence-electron chi connectivity index (χ2n) is 5.90. The molecule has 3 rings (SSSR count). The molecule has 0 aliphatic heterocycles. The van der Waals surface area contributed by atoms with Crippen molar-refractivity contribution in [3.05, 3.63) is 64.6 Å². The fraction of sp³-hybridized carbons (Fsp3) is 0.200. The summed E-state index contributed by atoms with van der Waals surface area (Å²) in [5.74, 6) is -0.583. The zero-order valence-electron chi connectivity index (χ0n) is 15.5. The van der Waals surface area contributed by atoms with Crippen LogP contribution in [0.25, 0.3) is 10.8 Å². The highest BCUT2D eigenvalue weighted by Gasteiger charge is 2.18. The number of nitrogens with zero attached hydrogens (tertiary/aromatic N) is 2. The highest BCUT2D eigenvalue weighted by molar-refractivity contribution is 6.03. The van der Waals surface area contributed by atoms with Crippen molar-refractivity contribution in [2.45, 2.75) is 6.92 Å². The summed E-state index contributed by atoms with van der Waals surface area (Å²) in [4.78, 5) is 36.6. The summed E-state index contributed by atoms with van der Waals surface area (Å²) in [6, 6.07) is 13.4. The van der Waals surface area contributed by atoms with E-state index in [1.54, 1.807) is 48.5 Å². The maximum absolute atomic E-state index is 12.4. The zero-order valence-corrected chi connectivity index (χ0v) is 15.5. The van der Waals surface area contributed by atoms with Crippen molar-refractivity contribution in [3.8, 4) is 5.75 Å². The first-order chi connectivity index (χ1) is 13.5. The molecule has 8 heteroatoms. The van der Waals surface area contributed by atoms with E-state index in [1.165, 1.54) is 7.05 Å². The summed E-state index contributed by atoms with van der Waals surface area (Å²) < 4.78 is 11.5. The van der Waals surface area contributed by atoms with E-state index >= 15 is 0 Å². The Balaban J connectivity index is 1.67. The van der Waals surface area contributed by atoms with Crippen molar-refractivity contribution >= 4 is 28.3 Å². The molecule has 1 amide bonds. The number of hydrogen-bond acceptors (Lipinski definition) is 6. The van der Waals surface area contributed by atoms with E-state index in [0.717, 1.165) is 4.68 Å². The van der Waals surface area contributed by atoms with Crippen LogP contribution in [-0.2, 0) is 16.6 Å². The second-order valence-corrected chi connectivity index (χ2v) is 5.90. The Morgan fingerprint density at radius 1 is 1.07 bits per heavy atom. The Morgan fingerprint density at radius 3 is 2.43 bits per heavy atom.